The molecule has 1 atom stereocenters. The Morgan fingerprint density at radius 3 is 2.48 bits per heavy atom. The smallest absolute Gasteiger partial charge is 0.338 e. The summed E-state index contributed by atoms with van der Waals surface area (Å²) in [6, 6.07) is 8.64. The summed E-state index contributed by atoms with van der Waals surface area (Å²) >= 11 is 5.91. The molecule has 1 N–H and O–H groups in total. The summed E-state index contributed by atoms with van der Waals surface area (Å²) in [6.45, 7) is 1.94. The summed E-state index contributed by atoms with van der Waals surface area (Å²) in [6.07, 6.45) is 2.97. The van der Waals surface area contributed by atoms with E-state index in [1.807, 2.05) is 19.1 Å². The minimum absolute atomic E-state index is 0.0248. The number of benzene rings is 1. The Balaban J connectivity index is 1.87. The topological polar surface area (TPSA) is 70.8 Å². The summed E-state index contributed by atoms with van der Waals surface area (Å²) in [7, 11) is 0. The zero-order valence-electron chi connectivity index (χ0n) is 12.5. The first-order valence-corrected chi connectivity index (χ1v) is 7.75. The van der Waals surface area contributed by atoms with Gasteiger partial charge >= 0.3 is 5.97 Å². The van der Waals surface area contributed by atoms with Crippen LogP contribution in [0, 0.1) is 0 Å². The number of aromatic carboxylic acids is 1. The van der Waals surface area contributed by atoms with Crippen LogP contribution < -0.4 is 0 Å². The lowest BCUT2D eigenvalue weighted by Gasteiger charge is -2.29. The Hall–Kier alpha value is -2.27. The molecule has 0 bridgehead atoms. The molecule has 1 amide bonds. The Morgan fingerprint density at radius 2 is 1.96 bits per heavy atom. The van der Waals surface area contributed by atoms with Crippen LogP contribution >= 0.6 is 11.6 Å². The van der Waals surface area contributed by atoms with Crippen molar-refractivity contribution < 1.29 is 19.1 Å². The van der Waals surface area contributed by atoms with Crippen LogP contribution in [0.1, 0.15) is 52.3 Å². The molecule has 0 spiro atoms. The highest BCUT2D eigenvalue weighted by Crippen LogP contribution is 2.36. The van der Waals surface area contributed by atoms with Gasteiger partial charge < -0.3 is 14.4 Å². The van der Waals surface area contributed by atoms with E-state index in [9.17, 15) is 9.59 Å². The lowest BCUT2D eigenvalue weighted by molar-refractivity contribution is 0.0639. The number of hydrogen-bond acceptors (Lipinski definition) is 3. The second-order valence-corrected chi connectivity index (χ2v) is 6.11. The number of carbonyl (C=O) groups is 2. The highest BCUT2D eigenvalue weighted by atomic mass is 35.5. The van der Waals surface area contributed by atoms with E-state index in [4.69, 9.17) is 21.1 Å². The number of amides is 1. The molecular formula is C17H16ClNO4. The van der Waals surface area contributed by atoms with Crippen molar-refractivity contribution in [1.82, 2.24) is 4.90 Å². The number of furan rings is 1. The fourth-order valence-electron chi connectivity index (χ4n) is 2.60. The molecule has 2 aromatic rings. The van der Waals surface area contributed by atoms with Gasteiger partial charge in [-0.1, -0.05) is 23.7 Å². The van der Waals surface area contributed by atoms with Crippen LogP contribution in [0.5, 0.6) is 0 Å². The predicted octanol–water partition coefficient (Wildman–Crippen LogP) is 4.00. The Labute approximate surface area is 138 Å². The van der Waals surface area contributed by atoms with Crippen molar-refractivity contribution in [2.24, 2.45) is 0 Å². The summed E-state index contributed by atoms with van der Waals surface area (Å²) in [5, 5.41) is 9.60. The first-order valence-electron chi connectivity index (χ1n) is 7.37. The molecule has 1 aromatic heterocycles. The molecule has 1 saturated carbocycles. The number of hydrogen-bond donors (Lipinski definition) is 1. The number of rotatable bonds is 5. The van der Waals surface area contributed by atoms with Crippen molar-refractivity contribution in [3.8, 4) is 0 Å². The lowest BCUT2D eigenvalue weighted by Crippen LogP contribution is -2.35. The van der Waals surface area contributed by atoms with Gasteiger partial charge in [0.2, 0.25) is 0 Å². The Bertz CT molecular complexity index is 733. The van der Waals surface area contributed by atoms with E-state index in [-0.39, 0.29) is 29.3 Å². The third-order valence-corrected chi connectivity index (χ3v) is 4.25. The largest absolute Gasteiger partial charge is 0.478 e. The van der Waals surface area contributed by atoms with Crippen molar-refractivity contribution in [3.63, 3.8) is 0 Å². The average Bonchev–Trinajstić information content (AvgIpc) is 3.22. The molecule has 1 unspecified atom stereocenters. The fraction of sp³-hybridized carbons (Fsp3) is 0.294. The molecule has 0 radical (unpaired) electrons. The van der Waals surface area contributed by atoms with Gasteiger partial charge in [0.1, 0.15) is 6.26 Å². The van der Waals surface area contributed by atoms with Gasteiger partial charge in [-0.15, -0.1) is 0 Å². The third kappa shape index (κ3) is 3.24. The number of halogens is 1. The molecule has 5 nitrogen and oxygen atoms in total. The molecule has 1 aromatic carbocycles. The molecule has 1 fully saturated rings. The zero-order chi connectivity index (χ0) is 16.6. The SMILES string of the molecule is CC(c1ccc(Cl)cc1)N(C(=O)c1cc(C(=O)O)co1)C1CC1. The van der Waals surface area contributed by atoms with E-state index in [0.717, 1.165) is 24.7 Å². The van der Waals surface area contributed by atoms with E-state index in [2.05, 4.69) is 0 Å². The number of nitrogens with zero attached hydrogens (tertiary/aromatic N) is 1. The Morgan fingerprint density at radius 1 is 1.30 bits per heavy atom. The van der Waals surface area contributed by atoms with Crippen molar-refractivity contribution in [2.75, 3.05) is 0 Å². The average molecular weight is 334 g/mol. The van der Waals surface area contributed by atoms with E-state index in [1.165, 1.54) is 6.07 Å². The molecule has 0 aliphatic heterocycles. The fourth-order valence-corrected chi connectivity index (χ4v) is 2.73. The first-order chi connectivity index (χ1) is 11.0. The minimum atomic E-state index is -1.11. The molecule has 6 heteroatoms. The molecular weight excluding hydrogens is 318 g/mol. The van der Waals surface area contributed by atoms with E-state index >= 15 is 0 Å². The molecule has 1 aliphatic rings. The van der Waals surface area contributed by atoms with Crippen LogP contribution in [0.25, 0.3) is 0 Å². The van der Waals surface area contributed by atoms with Crippen molar-refractivity contribution in [2.45, 2.75) is 31.8 Å². The van der Waals surface area contributed by atoms with Crippen molar-refractivity contribution in [1.29, 1.82) is 0 Å². The molecule has 0 saturated heterocycles. The van der Waals surface area contributed by atoms with Crippen LogP contribution in [0.15, 0.2) is 41.0 Å². The molecule has 23 heavy (non-hydrogen) atoms. The van der Waals surface area contributed by atoms with Gasteiger partial charge in [0.25, 0.3) is 5.91 Å². The third-order valence-electron chi connectivity index (χ3n) is 4.00. The standard InChI is InChI=1S/C17H16ClNO4/c1-10(11-2-4-13(18)5-3-11)19(14-6-7-14)16(20)15-8-12(9-23-15)17(21)22/h2-5,8-10,14H,6-7H2,1H3,(H,21,22). The normalized spacial score (nSPS) is 15.2. The summed E-state index contributed by atoms with van der Waals surface area (Å²) in [5.41, 5.74) is 0.947. The van der Waals surface area contributed by atoms with Gasteiger partial charge in [-0.2, -0.15) is 0 Å². The van der Waals surface area contributed by atoms with Gasteiger partial charge in [0.05, 0.1) is 11.6 Å². The predicted molar refractivity (Wildman–Crippen MR) is 84.7 cm³/mol. The van der Waals surface area contributed by atoms with Crippen LogP contribution in [-0.4, -0.2) is 27.9 Å². The highest BCUT2D eigenvalue weighted by molar-refractivity contribution is 6.30. The molecule has 120 valence electrons. The van der Waals surface area contributed by atoms with Gasteiger partial charge in [0, 0.05) is 17.1 Å². The van der Waals surface area contributed by atoms with Crippen molar-refractivity contribution >= 4 is 23.5 Å². The number of carboxylic acids is 1. The minimum Gasteiger partial charge on any atom is -0.478 e. The lowest BCUT2D eigenvalue weighted by atomic mass is 10.1. The highest BCUT2D eigenvalue weighted by Gasteiger charge is 2.38. The van der Waals surface area contributed by atoms with Gasteiger partial charge in [-0.25, -0.2) is 4.79 Å². The first kappa shape index (κ1) is 15.6. The van der Waals surface area contributed by atoms with E-state index in [1.54, 1.807) is 17.0 Å². The maximum Gasteiger partial charge on any atom is 0.338 e. The molecule has 1 aliphatic carbocycles. The second kappa shape index (κ2) is 6.08. The molecule has 1 heterocycles. The van der Waals surface area contributed by atoms with Crippen LogP contribution in [0.2, 0.25) is 5.02 Å². The van der Waals surface area contributed by atoms with Gasteiger partial charge in [-0.05, 0) is 37.5 Å². The Kier molecular flexibility index (Phi) is 4.13. The maximum atomic E-state index is 12.8. The number of carbonyl (C=O) groups excluding carboxylic acids is 1. The molecule has 3 rings (SSSR count). The quantitative estimate of drug-likeness (QED) is 0.897. The second-order valence-electron chi connectivity index (χ2n) is 5.68. The van der Waals surface area contributed by atoms with Gasteiger partial charge in [-0.3, -0.25) is 4.79 Å². The summed E-state index contributed by atoms with van der Waals surface area (Å²) in [4.78, 5) is 25.5. The van der Waals surface area contributed by atoms with E-state index in [0.29, 0.717) is 5.02 Å². The van der Waals surface area contributed by atoms with Crippen molar-refractivity contribution in [3.05, 3.63) is 58.5 Å². The summed E-state index contributed by atoms with van der Waals surface area (Å²) < 4.78 is 5.16. The maximum absolute atomic E-state index is 12.8. The van der Waals surface area contributed by atoms with Crippen LogP contribution in [-0.2, 0) is 0 Å². The summed E-state index contributed by atoms with van der Waals surface area (Å²) in [5.74, 6) is -1.35. The zero-order valence-corrected chi connectivity index (χ0v) is 13.3. The van der Waals surface area contributed by atoms with Gasteiger partial charge in [0.15, 0.2) is 5.76 Å². The number of carboxylic acid groups (broad SMARTS) is 1. The monoisotopic (exact) mass is 333 g/mol. The van der Waals surface area contributed by atoms with E-state index < -0.39 is 5.97 Å². The van der Waals surface area contributed by atoms with Crippen LogP contribution in [0.3, 0.4) is 0 Å². The van der Waals surface area contributed by atoms with Crippen LogP contribution in [0.4, 0.5) is 0 Å².